The van der Waals surface area contributed by atoms with Crippen LogP contribution in [0.2, 0.25) is 0 Å². The smallest absolute Gasteiger partial charge is 0.202 e. The van der Waals surface area contributed by atoms with Crippen molar-refractivity contribution in [1.82, 2.24) is 0 Å². The van der Waals surface area contributed by atoms with Gasteiger partial charge in [-0.15, -0.1) is 11.3 Å². The predicted molar refractivity (Wildman–Crippen MR) is 85.3 cm³/mol. The van der Waals surface area contributed by atoms with E-state index in [9.17, 15) is 4.79 Å². The molecule has 2 rings (SSSR count). The van der Waals surface area contributed by atoms with Crippen LogP contribution in [0.3, 0.4) is 0 Å². The minimum Gasteiger partial charge on any atom is -0.288 e. The number of hydrogen-bond donors (Lipinski definition) is 0. The lowest BCUT2D eigenvalue weighted by Gasteiger charge is -2.18. The van der Waals surface area contributed by atoms with Crippen LogP contribution in [0.4, 0.5) is 0 Å². The molecule has 1 aromatic carbocycles. The molecule has 1 nitrogen and oxygen atoms in total. The molecule has 100 valence electrons. The maximum Gasteiger partial charge on any atom is 0.202 e. The molecule has 0 atom stereocenters. The van der Waals surface area contributed by atoms with Crippen molar-refractivity contribution in [2.24, 2.45) is 0 Å². The van der Waals surface area contributed by atoms with Crippen LogP contribution in [0.1, 0.15) is 47.1 Å². The second kappa shape index (κ2) is 5.22. The lowest BCUT2D eigenvalue weighted by atomic mass is 9.86. The van der Waals surface area contributed by atoms with Crippen LogP contribution in [0.25, 0.3) is 0 Å². The first kappa shape index (κ1) is 14.5. The number of carbonyl (C=O) groups is 1. The van der Waals surface area contributed by atoms with Crippen LogP contribution < -0.4 is 0 Å². The van der Waals surface area contributed by atoms with Crippen molar-refractivity contribution in [3.63, 3.8) is 0 Å². The quantitative estimate of drug-likeness (QED) is 0.675. The normalized spacial score (nSPS) is 11.6. The van der Waals surface area contributed by atoms with Gasteiger partial charge >= 0.3 is 0 Å². The van der Waals surface area contributed by atoms with Crippen LogP contribution >= 0.6 is 27.3 Å². The highest BCUT2D eigenvalue weighted by molar-refractivity contribution is 9.11. The lowest BCUT2D eigenvalue weighted by molar-refractivity contribution is 0.104. The third-order valence-electron chi connectivity index (χ3n) is 3.09. The Kier molecular flexibility index (Phi) is 3.98. The molecule has 1 heterocycles. The Balaban J connectivity index is 2.30. The van der Waals surface area contributed by atoms with Gasteiger partial charge in [0, 0.05) is 5.56 Å². The third-order valence-corrected chi connectivity index (χ3v) is 5.23. The molecule has 0 unspecified atom stereocenters. The van der Waals surface area contributed by atoms with Crippen LogP contribution in [0, 0.1) is 6.92 Å². The maximum atomic E-state index is 12.4. The van der Waals surface area contributed by atoms with Crippen LogP contribution in [-0.4, -0.2) is 5.78 Å². The van der Waals surface area contributed by atoms with Gasteiger partial charge in [-0.2, -0.15) is 0 Å². The summed E-state index contributed by atoms with van der Waals surface area (Å²) in [5, 5.41) is 0. The summed E-state index contributed by atoms with van der Waals surface area (Å²) in [6.07, 6.45) is 0. The van der Waals surface area contributed by atoms with Gasteiger partial charge in [0.25, 0.3) is 0 Å². The van der Waals surface area contributed by atoms with Gasteiger partial charge in [0.05, 0.1) is 8.66 Å². The van der Waals surface area contributed by atoms with Gasteiger partial charge < -0.3 is 0 Å². The SMILES string of the molecule is Cc1cc(C(=O)c2ccc(C(C)(C)C)cc2)sc1Br. The van der Waals surface area contributed by atoms with Gasteiger partial charge in [0.15, 0.2) is 0 Å². The Morgan fingerprint density at radius 2 is 1.74 bits per heavy atom. The molecule has 0 aliphatic carbocycles. The zero-order valence-corrected chi connectivity index (χ0v) is 14.0. The molecule has 0 radical (unpaired) electrons. The van der Waals surface area contributed by atoms with Crippen molar-refractivity contribution in [3.05, 3.63) is 55.7 Å². The summed E-state index contributed by atoms with van der Waals surface area (Å²) in [7, 11) is 0. The van der Waals surface area contributed by atoms with E-state index in [-0.39, 0.29) is 11.2 Å². The van der Waals surface area contributed by atoms with Gasteiger partial charge in [-0.25, -0.2) is 0 Å². The highest BCUT2D eigenvalue weighted by Gasteiger charge is 2.16. The Bertz CT molecular complexity index is 583. The summed E-state index contributed by atoms with van der Waals surface area (Å²) in [5.74, 6) is 0.0965. The Morgan fingerprint density at radius 3 is 2.16 bits per heavy atom. The minimum absolute atomic E-state index is 0.0965. The van der Waals surface area contributed by atoms with Gasteiger partial charge in [-0.1, -0.05) is 45.0 Å². The van der Waals surface area contributed by atoms with Crippen molar-refractivity contribution in [3.8, 4) is 0 Å². The number of thiophene rings is 1. The summed E-state index contributed by atoms with van der Waals surface area (Å²) in [5.41, 5.74) is 3.22. The standard InChI is InChI=1S/C16H17BrOS/c1-10-9-13(19-15(10)17)14(18)11-5-7-12(8-6-11)16(2,3)4/h5-9H,1-4H3. The maximum absolute atomic E-state index is 12.4. The summed E-state index contributed by atoms with van der Waals surface area (Å²) in [4.78, 5) is 13.1. The van der Waals surface area contributed by atoms with Crippen LogP contribution in [0.5, 0.6) is 0 Å². The van der Waals surface area contributed by atoms with E-state index in [0.29, 0.717) is 0 Å². The molecule has 2 aromatic rings. The summed E-state index contributed by atoms with van der Waals surface area (Å²) in [6.45, 7) is 8.51. The second-order valence-corrected chi connectivity index (χ2v) is 8.09. The summed E-state index contributed by atoms with van der Waals surface area (Å²) >= 11 is 4.96. The van der Waals surface area contributed by atoms with E-state index in [1.807, 2.05) is 37.3 Å². The monoisotopic (exact) mass is 336 g/mol. The van der Waals surface area contributed by atoms with Crippen molar-refractivity contribution in [2.45, 2.75) is 33.1 Å². The van der Waals surface area contributed by atoms with Gasteiger partial charge in [-0.3, -0.25) is 4.79 Å². The Morgan fingerprint density at radius 1 is 1.16 bits per heavy atom. The number of aryl methyl sites for hydroxylation is 1. The summed E-state index contributed by atoms with van der Waals surface area (Å²) < 4.78 is 1.03. The fraction of sp³-hybridized carbons (Fsp3) is 0.312. The largest absolute Gasteiger partial charge is 0.288 e. The fourth-order valence-corrected chi connectivity index (χ4v) is 3.33. The molecule has 0 aliphatic rings. The fourth-order valence-electron chi connectivity index (χ4n) is 1.84. The van der Waals surface area contributed by atoms with E-state index in [0.717, 1.165) is 19.8 Å². The van der Waals surface area contributed by atoms with E-state index in [2.05, 4.69) is 36.7 Å². The molecule has 0 spiro atoms. The molecule has 0 aliphatic heterocycles. The number of carbonyl (C=O) groups excluding carboxylic acids is 1. The van der Waals surface area contributed by atoms with E-state index in [4.69, 9.17) is 0 Å². The minimum atomic E-state index is 0.0965. The molecule has 0 N–H and O–H groups in total. The molecular formula is C16H17BrOS. The first-order chi connectivity index (χ1) is 8.79. The molecule has 0 saturated heterocycles. The number of hydrogen-bond acceptors (Lipinski definition) is 2. The molecule has 19 heavy (non-hydrogen) atoms. The highest BCUT2D eigenvalue weighted by atomic mass is 79.9. The summed E-state index contributed by atoms with van der Waals surface area (Å²) in [6, 6.07) is 9.87. The van der Waals surface area contributed by atoms with Crippen molar-refractivity contribution < 1.29 is 4.79 Å². The van der Waals surface area contributed by atoms with E-state index >= 15 is 0 Å². The Labute approximate surface area is 126 Å². The first-order valence-electron chi connectivity index (χ1n) is 6.20. The Hall–Kier alpha value is -0.930. The van der Waals surface area contributed by atoms with Crippen LogP contribution in [-0.2, 0) is 5.41 Å². The van der Waals surface area contributed by atoms with E-state index in [1.54, 1.807) is 0 Å². The third kappa shape index (κ3) is 3.15. The molecule has 0 fully saturated rings. The average molecular weight is 337 g/mol. The molecular weight excluding hydrogens is 320 g/mol. The second-order valence-electron chi connectivity index (χ2n) is 5.72. The van der Waals surface area contributed by atoms with E-state index in [1.165, 1.54) is 16.9 Å². The van der Waals surface area contributed by atoms with Gasteiger partial charge in [0.1, 0.15) is 0 Å². The van der Waals surface area contributed by atoms with Crippen molar-refractivity contribution in [2.75, 3.05) is 0 Å². The van der Waals surface area contributed by atoms with Crippen LogP contribution in [0.15, 0.2) is 34.1 Å². The molecule has 0 bridgehead atoms. The average Bonchev–Trinajstić information content (AvgIpc) is 2.68. The number of rotatable bonds is 2. The molecule has 0 saturated carbocycles. The lowest BCUT2D eigenvalue weighted by Crippen LogP contribution is -2.11. The number of benzene rings is 1. The van der Waals surface area contributed by atoms with Gasteiger partial charge in [-0.05, 0) is 45.5 Å². The topological polar surface area (TPSA) is 17.1 Å². The number of halogens is 1. The highest BCUT2D eigenvalue weighted by Crippen LogP contribution is 2.29. The first-order valence-corrected chi connectivity index (χ1v) is 7.81. The molecule has 1 aromatic heterocycles. The molecule has 0 amide bonds. The number of ketones is 1. The van der Waals surface area contributed by atoms with E-state index < -0.39 is 0 Å². The van der Waals surface area contributed by atoms with Crippen molar-refractivity contribution >= 4 is 33.0 Å². The molecule has 3 heteroatoms. The zero-order chi connectivity index (χ0) is 14.2. The zero-order valence-electron chi connectivity index (χ0n) is 11.6. The van der Waals surface area contributed by atoms with Crippen molar-refractivity contribution in [1.29, 1.82) is 0 Å². The van der Waals surface area contributed by atoms with Gasteiger partial charge in [0.2, 0.25) is 5.78 Å². The predicted octanol–water partition coefficient (Wildman–Crippen LogP) is 5.35.